The zero-order chi connectivity index (χ0) is 12.3. The second-order valence-electron chi connectivity index (χ2n) is 4.17. The maximum Gasteiger partial charge on any atom is 0.134 e. The molecule has 1 aliphatic rings. The van der Waals surface area contributed by atoms with Crippen LogP contribution in [-0.2, 0) is 0 Å². The molecule has 1 fully saturated rings. The summed E-state index contributed by atoms with van der Waals surface area (Å²) in [6.45, 7) is 2.96. The molecule has 0 radical (unpaired) electrons. The Hall–Kier alpha value is -0.550. The Morgan fingerprint density at radius 1 is 1.39 bits per heavy atom. The summed E-state index contributed by atoms with van der Waals surface area (Å²) in [6, 6.07) is 4.62. The van der Waals surface area contributed by atoms with Gasteiger partial charge in [-0.1, -0.05) is 17.7 Å². The van der Waals surface area contributed by atoms with Crippen molar-refractivity contribution in [3.8, 4) is 5.75 Å². The van der Waals surface area contributed by atoms with Crippen LogP contribution in [0.15, 0.2) is 18.2 Å². The van der Waals surface area contributed by atoms with E-state index in [4.69, 9.17) is 11.6 Å². The van der Waals surface area contributed by atoms with Crippen molar-refractivity contribution in [3.63, 3.8) is 0 Å². The van der Waals surface area contributed by atoms with Crippen LogP contribution in [0.3, 0.4) is 0 Å². The first-order valence-electron chi connectivity index (χ1n) is 5.71. The molecule has 1 aromatic carbocycles. The largest absolute Gasteiger partial charge is 0.506 e. The number of nitrogens with one attached hydrogen (secondary N) is 1. The Kier molecular flexibility index (Phi) is 6.15. The molecule has 1 saturated heterocycles. The van der Waals surface area contributed by atoms with E-state index in [1.807, 2.05) is 0 Å². The molecule has 1 atom stereocenters. The average Bonchev–Trinajstić information content (AvgIpc) is 2.36. The topological polar surface area (TPSA) is 35.5 Å². The molecule has 2 N–H and O–H groups in total. The van der Waals surface area contributed by atoms with Gasteiger partial charge in [0.1, 0.15) is 12.4 Å². The lowest BCUT2D eigenvalue weighted by molar-refractivity contribution is 0.147. The number of phenolic OH excluding ortho intramolecular Hbond substituents is 1. The lowest BCUT2D eigenvalue weighted by atomic mass is 10.1. The highest BCUT2D eigenvalue weighted by Crippen LogP contribution is 2.29. The summed E-state index contributed by atoms with van der Waals surface area (Å²) < 4.78 is 13.2. The second kappa shape index (κ2) is 7.14. The molecule has 102 valence electrons. The molecule has 2 rings (SSSR count). The number of piperazine rings is 1. The lowest BCUT2D eigenvalue weighted by Crippen LogP contribution is -2.45. The molecular weight excluding hydrogens is 278 g/mol. The molecule has 3 nitrogen and oxygen atoms in total. The number of halogens is 3. The van der Waals surface area contributed by atoms with Gasteiger partial charge in [0.25, 0.3) is 0 Å². The molecule has 0 unspecified atom stereocenters. The van der Waals surface area contributed by atoms with Crippen LogP contribution in [0, 0.1) is 0 Å². The van der Waals surface area contributed by atoms with Crippen molar-refractivity contribution < 1.29 is 9.50 Å². The van der Waals surface area contributed by atoms with Gasteiger partial charge in [0.15, 0.2) is 0 Å². The zero-order valence-corrected chi connectivity index (χ0v) is 11.5. The molecule has 1 heterocycles. The summed E-state index contributed by atoms with van der Waals surface area (Å²) in [4.78, 5) is 2.10. The quantitative estimate of drug-likeness (QED) is 0.899. The Bertz CT molecular complexity index is 386. The third kappa shape index (κ3) is 3.48. The number of rotatable bonds is 3. The predicted octanol–water partition coefficient (Wildman–Crippen LogP) is 2.38. The smallest absolute Gasteiger partial charge is 0.134 e. The second-order valence-corrected chi connectivity index (χ2v) is 4.57. The lowest BCUT2D eigenvalue weighted by Gasteiger charge is -2.33. The summed E-state index contributed by atoms with van der Waals surface area (Å²) >= 11 is 5.85. The minimum absolute atomic E-state index is 0. The standard InChI is InChI=1S/C12H16ClFN2O.ClH/c13-10-7-9(1-2-12(10)17)11(8-14)16-5-3-15-4-6-16;/h1-2,7,11,15,17H,3-6,8H2;1H/t11-;/m0./s1. The van der Waals surface area contributed by atoms with E-state index in [9.17, 15) is 9.50 Å². The van der Waals surface area contributed by atoms with Crippen LogP contribution < -0.4 is 5.32 Å². The van der Waals surface area contributed by atoms with Crippen LogP contribution in [0.25, 0.3) is 0 Å². The van der Waals surface area contributed by atoms with Crippen molar-refractivity contribution in [3.05, 3.63) is 28.8 Å². The van der Waals surface area contributed by atoms with Crippen molar-refractivity contribution in [1.82, 2.24) is 10.2 Å². The molecule has 0 amide bonds. The molecule has 1 aromatic rings. The first-order chi connectivity index (χ1) is 8.22. The Morgan fingerprint density at radius 2 is 2.06 bits per heavy atom. The van der Waals surface area contributed by atoms with E-state index in [-0.39, 0.29) is 29.2 Å². The highest BCUT2D eigenvalue weighted by molar-refractivity contribution is 6.32. The van der Waals surface area contributed by atoms with Gasteiger partial charge in [0.2, 0.25) is 0 Å². The summed E-state index contributed by atoms with van der Waals surface area (Å²) in [5, 5.41) is 12.9. The Labute approximate surface area is 117 Å². The fourth-order valence-corrected chi connectivity index (χ4v) is 2.31. The monoisotopic (exact) mass is 294 g/mol. The normalized spacial score (nSPS) is 18.1. The molecule has 6 heteroatoms. The third-order valence-electron chi connectivity index (χ3n) is 3.10. The number of benzene rings is 1. The van der Waals surface area contributed by atoms with Crippen LogP contribution >= 0.6 is 24.0 Å². The SMILES string of the molecule is Cl.Oc1ccc([C@H](CF)N2CCNCC2)cc1Cl. The van der Waals surface area contributed by atoms with Gasteiger partial charge >= 0.3 is 0 Å². The van der Waals surface area contributed by atoms with E-state index < -0.39 is 6.67 Å². The predicted molar refractivity (Wildman–Crippen MR) is 73.5 cm³/mol. The summed E-state index contributed by atoms with van der Waals surface area (Å²) in [5.74, 6) is 0.0355. The van der Waals surface area contributed by atoms with Gasteiger partial charge in [-0.3, -0.25) is 4.90 Å². The highest BCUT2D eigenvalue weighted by Gasteiger charge is 2.22. The average molecular weight is 295 g/mol. The molecule has 18 heavy (non-hydrogen) atoms. The van der Waals surface area contributed by atoms with Crippen LogP contribution in [0.4, 0.5) is 4.39 Å². The molecule has 0 bridgehead atoms. The maximum absolute atomic E-state index is 13.2. The van der Waals surface area contributed by atoms with E-state index in [0.717, 1.165) is 31.7 Å². The summed E-state index contributed by atoms with van der Waals surface area (Å²) in [5.41, 5.74) is 0.817. The van der Waals surface area contributed by atoms with Crippen molar-refractivity contribution in [2.75, 3.05) is 32.9 Å². The fraction of sp³-hybridized carbons (Fsp3) is 0.500. The van der Waals surface area contributed by atoms with E-state index in [0.29, 0.717) is 0 Å². The Balaban J connectivity index is 0.00000162. The minimum atomic E-state index is -0.443. The molecular formula is C12H17Cl2FN2O. The molecule has 1 aliphatic heterocycles. The fourth-order valence-electron chi connectivity index (χ4n) is 2.12. The van der Waals surface area contributed by atoms with E-state index >= 15 is 0 Å². The van der Waals surface area contributed by atoms with E-state index in [2.05, 4.69) is 10.2 Å². The first kappa shape index (κ1) is 15.5. The molecule has 0 saturated carbocycles. The first-order valence-corrected chi connectivity index (χ1v) is 6.09. The number of hydrogen-bond acceptors (Lipinski definition) is 3. The molecule has 0 aromatic heterocycles. The van der Waals surface area contributed by atoms with Gasteiger partial charge in [-0.15, -0.1) is 12.4 Å². The van der Waals surface area contributed by atoms with Gasteiger partial charge in [-0.25, -0.2) is 4.39 Å². The van der Waals surface area contributed by atoms with Crippen LogP contribution in [0.1, 0.15) is 11.6 Å². The molecule has 0 aliphatic carbocycles. The maximum atomic E-state index is 13.2. The van der Waals surface area contributed by atoms with Crippen LogP contribution in [-0.4, -0.2) is 42.9 Å². The van der Waals surface area contributed by atoms with Gasteiger partial charge in [-0.2, -0.15) is 0 Å². The van der Waals surface area contributed by atoms with E-state index in [1.54, 1.807) is 12.1 Å². The molecule has 0 spiro atoms. The summed E-state index contributed by atoms with van der Waals surface area (Å²) in [6.07, 6.45) is 0. The number of aromatic hydroxyl groups is 1. The van der Waals surface area contributed by atoms with Crippen molar-refractivity contribution in [1.29, 1.82) is 0 Å². The van der Waals surface area contributed by atoms with Gasteiger partial charge in [0, 0.05) is 26.2 Å². The van der Waals surface area contributed by atoms with Crippen molar-refractivity contribution >= 4 is 24.0 Å². The number of hydrogen-bond donors (Lipinski definition) is 2. The minimum Gasteiger partial charge on any atom is -0.506 e. The van der Waals surface area contributed by atoms with Crippen LogP contribution in [0.5, 0.6) is 5.75 Å². The Morgan fingerprint density at radius 3 is 2.61 bits per heavy atom. The highest BCUT2D eigenvalue weighted by atomic mass is 35.5. The number of alkyl halides is 1. The van der Waals surface area contributed by atoms with E-state index in [1.165, 1.54) is 6.07 Å². The van der Waals surface area contributed by atoms with Crippen molar-refractivity contribution in [2.45, 2.75) is 6.04 Å². The van der Waals surface area contributed by atoms with Gasteiger partial charge in [-0.05, 0) is 17.7 Å². The van der Waals surface area contributed by atoms with Gasteiger partial charge in [0.05, 0.1) is 11.1 Å². The zero-order valence-electron chi connectivity index (χ0n) is 9.90. The summed E-state index contributed by atoms with van der Waals surface area (Å²) in [7, 11) is 0. The third-order valence-corrected chi connectivity index (χ3v) is 3.40. The van der Waals surface area contributed by atoms with Gasteiger partial charge < -0.3 is 10.4 Å². The number of phenols is 1. The van der Waals surface area contributed by atoms with Crippen LogP contribution in [0.2, 0.25) is 5.02 Å². The number of nitrogens with zero attached hydrogens (tertiary/aromatic N) is 1. The van der Waals surface area contributed by atoms with Crippen molar-refractivity contribution in [2.24, 2.45) is 0 Å².